The van der Waals surface area contributed by atoms with Crippen molar-refractivity contribution in [1.82, 2.24) is 5.10 Å². The minimum Gasteiger partial charge on any atom is -0.748 e. The van der Waals surface area contributed by atoms with Crippen molar-refractivity contribution in [2.24, 2.45) is 0 Å². The van der Waals surface area contributed by atoms with Gasteiger partial charge in [0, 0.05) is 16.6 Å². The average Bonchev–Trinajstić information content (AvgIpc) is 2.25. The molecule has 0 aliphatic heterocycles. The van der Waals surface area contributed by atoms with E-state index in [4.69, 9.17) is 0 Å². The van der Waals surface area contributed by atoms with Crippen LogP contribution in [0.3, 0.4) is 0 Å². The summed E-state index contributed by atoms with van der Waals surface area (Å²) in [5.74, 6) is -0.878. The smallest absolute Gasteiger partial charge is 0.196 e. The highest BCUT2D eigenvalue weighted by Gasteiger charge is 2.08. The average molecular weight is 256 g/mol. The van der Waals surface area contributed by atoms with Gasteiger partial charge in [0.05, 0.1) is 5.75 Å². The van der Waals surface area contributed by atoms with E-state index < -0.39 is 15.9 Å². The first kappa shape index (κ1) is 11.9. The molecule has 0 unspecified atom stereocenters. The highest BCUT2D eigenvalue weighted by molar-refractivity contribution is 7.85. The highest BCUT2D eigenvalue weighted by atomic mass is 32.2. The summed E-state index contributed by atoms with van der Waals surface area (Å²) < 4.78 is 45.6. The summed E-state index contributed by atoms with van der Waals surface area (Å²) in [7, 11) is -4.25. The van der Waals surface area contributed by atoms with Crippen molar-refractivity contribution in [3.05, 3.63) is 36.3 Å². The Labute approximate surface area is 97.3 Å². The van der Waals surface area contributed by atoms with Gasteiger partial charge < -0.3 is 4.55 Å². The van der Waals surface area contributed by atoms with Crippen LogP contribution in [-0.4, -0.2) is 23.8 Å². The summed E-state index contributed by atoms with van der Waals surface area (Å²) in [5.41, 5.74) is 0.539. The predicted octanol–water partition coefficient (Wildman–Crippen LogP) is 0.207. The summed E-state index contributed by atoms with van der Waals surface area (Å²) in [6.07, 6.45) is 1.51. The van der Waals surface area contributed by atoms with Crippen molar-refractivity contribution >= 4 is 21.0 Å². The standard InChI is InChI=1S/C10H9FN2O3S/c11-9-1-2-10-8(7-9)3-4-13(12-10)5-6-17(14,15)16/h1-4,7H,5-6H2. The van der Waals surface area contributed by atoms with Crippen LogP contribution in [0.1, 0.15) is 0 Å². The minimum absolute atomic E-state index is 0.0147. The quantitative estimate of drug-likeness (QED) is 0.581. The molecule has 90 valence electrons. The van der Waals surface area contributed by atoms with E-state index in [9.17, 15) is 17.4 Å². The van der Waals surface area contributed by atoms with Crippen LogP contribution >= 0.6 is 0 Å². The van der Waals surface area contributed by atoms with Gasteiger partial charge in [-0.3, -0.25) is 0 Å². The maximum atomic E-state index is 12.9. The largest absolute Gasteiger partial charge is 0.748 e. The van der Waals surface area contributed by atoms with E-state index in [1.54, 1.807) is 6.07 Å². The molecule has 0 aliphatic rings. The Bertz CT molecular complexity index is 658. The van der Waals surface area contributed by atoms with E-state index >= 15 is 0 Å². The Kier molecular flexibility index (Phi) is 3.03. The molecule has 17 heavy (non-hydrogen) atoms. The Hall–Kier alpha value is -1.60. The second kappa shape index (κ2) is 4.34. The maximum absolute atomic E-state index is 12.9. The monoisotopic (exact) mass is 256 g/mol. The summed E-state index contributed by atoms with van der Waals surface area (Å²) in [4.78, 5) is 0. The first-order valence-electron chi connectivity index (χ1n) is 4.84. The Morgan fingerprint density at radius 3 is 2.82 bits per heavy atom. The lowest BCUT2D eigenvalue weighted by Gasteiger charge is -2.02. The fourth-order valence-corrected chi connectivity index (χ4v) is 1.83. The molecule has 0 saturated heterocycles. The molecular formula is C10H9FN2O3S. The molecule has 0 amide bonds. The van der Waals surface area contributed by atoms with Gasteiger partial charge in [-0.25, -0.2) is 12.8 Å². The lowest BCUT2D eigenvalue weighted by Crippen LogP contribution is -2.40. The number of fused-ring (bicyclic) bond motifs is 1. The molecule has 5 nitrogen and oxygen atoms in total. The first-order chi connectivity index (χ1) is 7.94. The van der Waals surface area contributed by atoms with Gasteiger partial charge in [0.2, 0.25) is 0 Å². The molecule has 2 rings (SSSR count). The second-order valence-corrected chi connectivity index (χ2v) is 5.07. The molecular weight excluding hydrogens is 247 g/mol. The van der Waals surface area contributed by atoms with Gasteiger partial charge in [0.15, 0.2) is 12.7 Å². The number of rotatable bonds is 3. The number of aromatic nitrogens is 2. The number of halogens is 1. The highest BCUT2D eigenvalue weighted by Crippen LogP contribution is 2.10. The number of benzene rings is 1. The number of hydrogen-bond acceptors (Lipinski definition) is 4. The van der Waals surface area contributed by atoms with Crippen LogP contribution in [0.2, 0.25) is 0 Å². The topological polar surface area (TPSA) is 74.0 Å². The molecule has 1 aromatic heterocycles. The van der Waals surface area contributed by atoms with E-state index in [2.05, 4.69) is 5.10 Å². The molecule has 7 heteroatoms. The SMILES string of the molecule is O=S(=O)([O-])CC[n+]1ccc2cc(F)ccc2n1. The Morgan fingerprint density at radius 1 is 1.35 bits per heavy atom. The minimum atomic E-state index is -4.25. The third-order valence-electron chi connectivity index (χ3n) is 2.22. The van der Waals surface area contributed by atoms with Crippen molar-refractivity contribution in [1.29, 1.82) is 0 Å². The summed E-state index contributed by atoms with van der Waals surface area (Å²) in [6, 6.07) is 5.71. The van der Waals surface area contributed by atoms with Gasteiger partial charge >= 0.3 is 0 Å². The van der Waals surface area contributed by atoms with Gasteiger partial charge in [0.25, 0.3) is 0 Å². The predicted molar refractivity (Wildman–Crippen MR) is 56.5 cm³/mol. The molecule has 0 radical (unpaired) electrons. The Balaban J connectivity index is 2.29. The van der Waals surface area contributed by atoms with Crippen molar-refractivity contribution < 1.29 is 22.0 Å². The third kappa shape index (κ3) is 3.18. The molecule has 0 N–H and O–H groups in total. The molecule has 0 bridgehead atoms. The zero-order valence-electron chi connectivity index (χ0n) is 8.71. The van der Waals surface area contributed by atoms with Crippen molar-refractivity contribution in [3.8, 4) is 0 Å². The van der Waals surface area contributed by atoms with E-state index in [0.717, 1.165) is 0 Å². The van der Waals surface area contributed by atoms with Crippen LogP contribution < -0.4 is 4.68 Å². The van der Waals surface area contributed by atoms with Crippen molar-refractivity contribution in [3.63, 3.8) is 0 Å². The van der Waals surface area contributed by atoms with E-state index in [1.807, 2.05) is 0 Å². The zero-order chi connectivity index (χ0) is 12.5. The summed E-state index contributed by atoms with van der Waals surface area (Å²) in [6.45, 7) is -0.0147. The fraction of sp³-hybridized carbons (Fsp3) is 0.200. The number of nitrogens with zero attached hydrogens (tertiary/aromatic N) is 2. The van der Waals surface area contributed by atoms with E-state index in [0.29, 0.717) is 10.9 Å². The van der Waals surface area contributed by atoms with Crippen LogP contribution in [0.5, 0.6) is 0 Å². The maximum Gasteiger partial charge on any atom is 0.196 e. The van der Waals surface area contributed by atoms with Crippen molar-refractivity contribution in [2.75, 3.05) is 5.75 Å². The summed E-state index contributed by atoms with van der Waals surface area (Å²) in [5, 5.41) is 4.68. The zero-order valence-corrected chi connectivity index (χ0v) is 9.52. The lowest BCUT2D eigenvalue weighted by molar-refractivity contribution is -0.747. The van der Waals surface area contributed by atoms with Gasteiger partial charge in [-0.05, 0) is 18.2 Å². The first-order valence-corrected chi connectivity index (χ1v) is 6.41. The van der Waals surface area contributed by atoms with Crippen LogP contribution in [-0.2, 0) is 16.7 Å². The van der Waals surface area contributed by atoms with Gasteiger partial charge in [-0.2, -0.15) is 0 Å². The molecule has 0 fully saturated rings. The van der Waals surface area contributed by atoms with Crippen LogP contribution in [0, 0.1) is 5.82 Å². The molecule has 1 aromatic carbocycles. The molecule has 1 heterocycles. The van der Waals surface area contributed by atoms with Crippen LogP contribution in [0.4, 0.5) is 4.39 Å². The van der Waals surface area contributed by atoms with E-state index in [-0.39, 0.29) is 12.4 Å². The molecule has 0 spiro atoms. The summed E-state index contributed by atoms with van der Waals surface area (Å²) >= 11 is 0. The van der Waals surface area contributed by atoms with Gasteiger partial charge in [-0.15, -0.1) is 0 Å². The number of aryl methyl sites for hydroxylation is 1. The molecule has 2 aromatic rings. The molecule has 0 atom stereocenters. The van der Waals surface area contributed by atoms with Crippen LogP contribution in [0.15, 0.2) is 30.5 Å². The van der Waals surface area contributed by atoms with E-state index in [1.165, 1.54) is 29.1 Å². The molecule has 0 saturated carbocycles. The Morgan fingerprint density at radius 2 is 2.12 bits per heavy atom. The van der Waals surface area contributed by atoms with Gasteiger partial charge in [0.1, 0.15) is 21.5 Å². The van der Waals surface area contributed by atoms with Gasteiger partial charge in [-0.1, -0.05) is 4.68 Å². The lowest BCUT2D eigenvalue weighted by atomic mass is 10.2. The number of hydrogen-bond donors (Lipinski definition) is 0. The normalized spacial score (nSPS) is 11.9. The third-order valence-corrected chi connectivity index (χ3v) is 2.90. The van der Waals surface area contributed by atoms with Crippen molar-refractivity contribution in [2.45, 2.75) is 6.54 Å². The fourth-order valence-electron chi connectivity index (χ4n) is 1.42. The second-order valence-electron chi connectivity index (χ2n) is 3.54. The molecule has 0 aliphatic carbocycles. The van der Waals surface area contributed by atoms with Crippen LogP contribution in [0.25, 0.3) is 10.9 Å².